The minimum absolute atomic E-state index is 0.114. The van der Waals surface area contributed by atoms with Crippen molar-refractivity contribution in [2.24, 2.45) is 0 Å². The van der Waals surface area contributed by atoms with Crippen molar-refractivity contribution in [3.63, 3.8) is 0 Å². The third-order valence-electron chi connectivity index (χ3n) is 5.70. The molecule has 35 heavy (non-hydrogen) atoms. The lowest BCUT2D eigenvalue weighted by atomic mass is 10.1. The van der Waals surface area contributed by atoms with Crippen molar-refractivity contribution in [1.29, 1.82) is 0 Å². The van der Waals surface area contributed by atoms with E-state index >= 15 is 0 Å². The maximum atomic E-state index is 13.4. The normalized spacial score (nSPS) is 10.9. The molecule has 0 aliphatic rings. The first-order valence-electron chi connectivity index (χ1n) is 11.4. The number of benzene rings is 3. The Morgan fingerprint density at radius 2 is 1.69 bits per heavy atom. The molecule has 4 aromatic rings. The Morgan fingerprint density at radius 3 is 2.34 bits per heavy atom. The number of aryl methyl sites for hydroxylation is 1. The van der Waals surface area contributed by atoms with Gasteiger partial charge in [0.05, 0.1) is 30.6 Å². The summed E-state index contributed by atoms with van der Waals surface area (Å²) >= 11 is 0. The number of methoxy groups -OCH3 is 1. The van der Waals surface area contributed by atoms with Crippen LogP contribution in [0.5, 0.6) is 17.4 Å². The average molecular weight is 474 g/mol. The highest BCUT2D eigenvalue weighted by Crippen LogP contribution is 2.33. The van der Waals surface area contributed by atoms with Crippen molar-refractivity contribution < 1.29 is 18.7 Å². The number of hydrogen-bond acceptors (Lipinski definition) is 4. The molecule has 1 aromatic heterocycles. The lowest BCUT2D eigenvalue weighted by Gasteiger charge is -2.27. The molecule has 0 saturated heterocycles. The highest BCUT2D eigenvalue weighted by atomic mass is 19.1. The van der Waals surface area contributed by atoms with E-state index < -0.39 is 0 Å². The molecule has 180 valence electrons. The van der Waals surface area contributed by atoms with E-state index in [1.807, 2.05) is 69.3 Å². The van der Waals surface area contributed by atoms with Crippen molar-refractivity contribution in [1.82, 2.24) is 14.7 Å². The quantitative estimate of drug-likeness (QED) is 0.307. The summed E-state index contributed by atoms with van der Waals surface area (Å²) in [7, 11) is 1.60. The summed E-state index contributed by atoms with van der Waals surface area (Å²) in [5.41, 5.74) is 2.77. The van der Waals surface area contributed by atoms with E-state index in [1.165, 1.54) is 24.3 Å². The third-order valence-corrected chi connectivity index (χ3v) is 5.70. The Labute approximate surface area is 204 Å². The summed E-state index contributed by atoms with van der Waals surface area (Å²) in [6, 6.07) is 22.5. The summed E-state index contributed by atoms with van der Waals surface area (Å²) in [6.45, 7) is 6.06. The van der Waals surface area contributed by atoms with Gasteiger partial charge in [0.2, 0.25) is 5.88 Å². The van der Waals surface area contributed by atoms with Crippen molar-refractivity contribution in [2.45, 2.75) is 33.4 Å². The van der Waals surface area contributed by atoms with Gasteiger partial charge in [0.15, 0.2) is 0 Å². The maximum absolute atomic E-state index is 13.4. The highest BCUT2D eigenvalue weighted by molar-refractivity contribution is 5.94. The molecule has 1 amide bonds. The average Bonchev–Trinajstić information content (AvgIpc) is 3.17. The van der Waals surface area contributed by atoms with Gasteiger partial charge in [-0.05, 0) is 69.3 Å². The Kier molecular flexibility index (Phi) is 7.15. The molecule has 0 spiro atoms. The predicted octanol–water partition coefficient (Wildman–Crippen LogP) is 6.17. The SMILES string of the molecule is COc1cccc(Oc2c(CN(C(=O)c3ccc(F)cc3)C(C)C)c(C)nn2-c2ccccc2)c1. The van der Waals surface area contributed by atoms with Crippen LogP contribution in [-0.2, 0) is 6.54 Å². The van der Waals surface area contributed by atoms with Gasteiger partial charge in [-0.3, -0.25) is 4.79 Å². The van der Waals surface area contributed by atoms with Gasteiger partial charge in [-0.15, -0.1) is 0 Å². The molecule has 0 bridgehead atoms. The molecule has 7 heteroatoms. The fourth-order valence-electron chi connectivity index (χ4n) is 3.76. The van der Waals surface area contributed by atoms with E-state index in [-0.39, 0.29) is 24.3 Å². The molecular formula is C28H28FN3O3. The monoisotopic (exact) mass is 473 g/mol. The molecule has 0 saturated carbocycles. The minimum atomic E-state index is -0.383. The molecule has 0 fully saturated rings. The van der Waals surface area contributed by atoms with Crippen LogP contribution in [0.1, 0.15) is 35.5 Å². The molecule has 4 rings (SSSR count). The minimum Gasteiger partial charge on any atom is -0.497 e. The fraction of sp³-hybridized carbons (Fsp3) is 0.214. The second-order valence-electron chi connectivity index (χ2n) is 8.43. The Hall–Kier alpha value is -4.13. The van der Waals surface area contributed by atoms with Gasteiger partial charge in [-0.2, -0.15) is 5.10 Å². The molecule has 0 atom stereocenters. The zero-order valence-electron chi connectivity index (χ0n) is 20.2. The van der Waals surface area contributed by atoms with E-state index in [2.05, 4.69) is 0 Å². The van der Waals surface area contributed by atoms with Crippen LogP contribution in [-0.4, -0.2) is 33.7 Å². The van der Waals surface area contributed by atoms with Crippen molar-refractivity contribution in [2.75, 3.05) is 7.11 Å². The van der Waals surface area contributed by atoms with Crippen LogP contribution < -0.4 is 9.47 Å². The number of amides is 1. The molecule has 1 heterocycles. The molecule has 6 nitrogen and oxygen atoms in total. The number of aromatic nitrogens is 2. The fourth-order valence-corrected chi connectivity index (χ4v) is 3.76. The second kappa shape index (κ2) is 10.4. The molecule has 0 N–H and O–H groups in total. The number of carbonyl (C=O) groups is 1. The van der Waals surface area contributed by atoms with Gasteiger partial charge >= 0.3 is 0 Å². The highest BCUT2D eigenvalue weighted by Gasteiger charge is 2.26. The van der Waals surface area contributed by atoms with Crippen molar-refractivity contribution in [3.05, 3.63) is 102 Å². The third kappa shape index (κ3) is 5.35. The summed E-state index contributed by atoms with van der Waals surface area (Å²) in [5.74, 6) is 1.19. The molecule has 0 aliphatic heterocycles. The number of hydrogen-bond donors (Lipinski definition) is 0. The smallest absolute Gasteiger partial charge is 0.254 e. The van der Waals surface area contributed by atoms with E-state index in [1.54, 1.807) is 22.8 Å². The van der Waals surface area contributed by atoms with Crippen molar-refractivity contribution >= 4 is 5.91 Å². The maximum Gasteiger partial charge on any atom is 0.254 e. The Morgan fingerprint density at radius 1 is 1.00 bits per heavy atom. The number of rotatable bonds is 8. The summed E-state index contributed by atoms with van der Waals surface area (Å²) < 4.78 is 26.9. The van der Waals surface area contributed by atoms with Crippen molar-refractivity contribution in [3.8, 4) is 23.1 Å². The molecular weight excluding hydrogens is 445 g/mol. The summed E-state index contributed by atoms with van der Waals surface area (Å²) in [4.78, 5) is 15.1. The lowest BCUT2D eigenvalue weighted by molar-refractivity contribution is 0.0689. The van der Waals surface area contributed by atoms with Gasteiger partial charge in [0, 0.05) is 17.7 Å². The van der Waals surface area contributed by atoms with Gasteiger partial charge in [0.1, 0.15) is 17.3 Å². The molecule has 0 unspecified atom stereocenters. The van der Waals surface area contributed by atoms with Crippen LogP contribution in [0.2, 0.25) is 0 Å². The first-order chi connectivity index (χ1) is 16.9. The van der Waals surface area contributed by atoms with Gasteiger partial charge in [-0.1, -0.05) is 24.3 Å². The van der Waals surface area contributed by atoms with Crippen LogP contribution in [0.3, 0.4) is 0 Å². The van der Waals surface area contributed by atoms with Gasteiger partial charge in [0.25, 0.3) is 5.91 Å². The molecule has 3 aromatic carbocycles. The molecule has 0 radical (unpaired) electrons. The van der Waals surface area contributed by atoms with Gasteiger partial charge < -0.3 is 14.4 Å². The van der Waals surface area contributed by atoms with Crippen LogP contribution in [0.15, 0.2) is 78.9 Å². The Bertz CT molecular complexity index is 1300. The van der Waals surface area contributed by atoms with E-state index in [0.717, 1.165) is 16.9 Å². The number of nitrogens with zero attached hydrogens (tertiary/aromatic N) is 3. The summed E-state index contributed by atoms with van der Waals surface area (Å²) in [5, 5.41) is 4.75. The molecule has 0 aliphatic carbocycles. The largest absolute Gasteiger partial charge is 0.497 e. The predicted molar refractivity (Wildman–Crippen MR) is 133 cm³/mol. The van der Waals surface area contributed by atoms with Crippen LogP contribution in [0.25, 0.3) is 5.69 Å². The standard InChI is InChI=1S/C28H28FN3O3/c1-19(2)31(27(33)21-13-15-22(29)16-14-21)18-26-20(3)30-32(23-9-6-5-7-10-23)28(26)35-25-12-8-11-24(17-25)34-4/h5-17,19H,18H2,1-4H3. The van der Waals surface area contributed by atoms with E-state index in [4.69, 9.17) is 14.6 Å². The Balaban J connectivity index is 1.77. The topological polar surface area (TPSA) is 56.6 Å². The number of halogens is 1. The number of carbonyl (C=O) groups excluding carboxylic acids is 1. The van der Waals surface area contributed by atoms with E-state index in [0.29, 0.717) is 22.9 Å². The zero-order valence-corrected chi connectivity index (χ0v) is 20.2. The second-order valence-corrected chi connectivity index (χ2v) is 8.43. The zero-order chi connectivity index (χ0) is 24.9. The number of ether oxygens (including phenoxy) is 2. The van der Waals surface area contributed by atoms with Crippen LogP contribution in [0, 0.1) is 12.7 Å². The van der Waals surface area contributed by atoms with Gasteiger partial charge in [-0.25, -0.2) is 9.07 Å². The lowest BCUT2D eigenvalue weighted by Crippen LogP contribution is -2.36. The van der Waals surface area contributed by atoms with E-state index in [9.17, 15) is 9.18 Å². The van der Waals surface area contributed by atoms with Crippen LogP contribution in [0.4, 0.5) is 4.39 Å². The first kappa shape index (κ1) is 24.0. The number of para-hydroxylation sites is 1. The first-order valence-corrected chi connectivity index (χ1v) is 11.4. The van der Waals surface area contributed by atoms with Crippen LogP contribution >= 0.6 is 0 Å². The summed E-state index contributed by atoms with van der Waals surface area (Å²) in [6.07, 6.45) is 0.